The van der Waals surface area contributed by atoms with E-state index < -0.39 is 10.0 Å². The highest BCUT2D eigenvalue weighted by Gasteiger charge is 2.30. The van der Waals surface area contributed by atoms with Gasteiger partial charge in [0.25, 0.3) is 0 Å². The van der Waals surface area contributed by atoms with Gasteiger partial charge in [0.2, 0.25) is 16.0 Å². The fraction of sp³-hybridized carbons (Fsp3) is 0.667. The molecule has 0 bridgehead atoms. The van der Waals surface area contributed by atoms with E-state index in [4.69, 9.17) is 16.3 Å². The monoisotopic (exact) mass is 334 g/mol. The number of ether oxygens (including phenoxy) is 1. The average Bonchev–Trinajstić information content (AvgIpc) is 2.38. The van der Waals surface area contributed by atoms with Crippen LogP contribution in [-0.2, 0) is 14.8 Å². The van der Waals surface area contributed by atoms with Gasteiger partial charge in [-0.3, -0.25) is 4.31 Å². The van der Waals surface area contributed by atoms with Crippen LogP contribution in [0, 0.1) is 0 Å². The van der Waals surface area contributed by atoms with Gasteiger partial charge in [0.1, 0.15) is 11.3 Å². The lowest BCUT2D eigenvalue weighted by molar-refractivity contribution is 0.0875. The summed E-state index contributed by atoms with van der Waals surface area (Å²) < 4.78 is 30.9. The number of aromatic nitrogens is 2. The molecule has 118 valence electrons. The predicted octanol–water partition coefficient (Wildman–Crippen LogP) is 1.42. The van der Waals surface area contributed by atoms with E-state index in [1.165, 1.54) is 16.8 Å². The van der Waals surface area contributed by atoms with Crippen LogP contribution in [-0.4, -0.2) is 49.4 Å². The molecule has 1 N–H and O–H groups in total. The van der Waals surface area contributed by atoms with Gasteiger partial charge in [0, 0.05) is 25.5 Å². The van der Waals surface area contributed by atoms with E-state index in [1.54, 1.807) is 13.0 Å². The Hall–Kier alpha value is -1.12. The van der Waals surface area contributed by atoms with Crippen molar-refractivity contribution in [3.8, 4) is 0 Å². The number of rotatable bonds is 5. The van der Waals surface area contributed by atoms with Crippen LogP contribution in [0.5, 0.6) is 0 Å². The molecule has 1 aliphatic heterocycles. The van der Waals surface area contributed by atoms with Crippen molar-refractivity contribution >= 4 is 33.4 Å². The first-order valence-corrected chi connectivity index (χ1v) is 8.97. The number of hydrogen-bond acceptors (Lipinski definition) is 6. The normalized spacial score (nSPS) is 18.2. The molecule has 9 heteroatoms. The van der Waals surface area contributed by atoms with Gasteiger partial charge in [-0.1, -0.05) is 11.6 Å². The van der Waals surface area contributed by atoms with Crippen LogP contribution >= 0.6 is 11.6 Å². The van der Waals surface area contributed by atoms with E-state index in [2.05, 4.69) is 15.3 Å². The summed E-state index contributed by atoms with van der Waals surface area (Å²) in [7, 11) is -3.44. The molecule has 2 rings (SSSR count). The molecule has 0 aliphatic carbocycles. The number of hydrogen-bond donors (Lipinski definition) is 1. The summed E-state index contributed by atoms with van der Waals surface area (Å²) in [5.41, 5.74) is -0.352. The quantitative estimate of drug-likeness (QED) is 0.647. The second-order valence-corrected chi connectivity index (χ2v) is 7.42. The zero-order valence-electron chi connectivity index (χ0n) is 12.0. The second kappa shape index (κ2) is 6.76. The summed E-state index contributed by atoms with van der Waals surface area (Å²) in [6.45, 7) is 2.83. The third kappa shape index (κ3) is 4.42. The Kier molecular flexibility index (Phi) is 5.23. The highest BCUT2D eigenvalue weighted by Crippen LogP contribution is 2.24. The molecule has 21 heavy (non-hydrogen) atoms. The SMILES string of the molecule is CC(Cl)Nc1nccc(N(C2CCOCC2)S(C)(=O)=O)n1. The molecule has 0 spiro atoms. The number of alkyl halides is 1. The minimum Gasteiger partial charge on any atom is -0.381 e. The second-order valence-electron chi connectivity index (χ2n) is 4.90. The molecule has 1 aromatic heterocycles. The van der Waals surface area contributed by atoms with E-state index in [9.17, 15) is 8.42 Å². The summed E-state index contributed by atoms with van der Waals surface area (Å²) >= 11 is 5.84. The highest BCUT2D eigenvalue weighted by atomic mass is 35.5. The van der Waals surface area contributed by atoms with Crippen molar-refractivity contribution < 1.29 is 13.2 Å². The Labute approximate surface area is 129 Å². The first-order chi connectivity index (χ1) is 9.88. The smallest absolute Gasteiger partial charge is 0.233 e. The standard InChI is InChI=1S/C12H19ClN4O3S/c1-9(13)15-12-14-6-3-11(16-12)17(21(2,18)19)10-4-7-20-8-5-10/h3,6,9-10H,4-5,7-8H2,1-2H3,(H,14,15,16). The molecule has 1 aliphatic rings. The topological polar surface area (TPSA) is 84.4 Å². The molecule has 1 fully saturated rings. The van der Waals surface area contributed by atoms with Gasteiger partial charge in [0.15, 0.2) is 0 Å². The number of sulfonamides is 1. The van der Waals surface area contributed by atoms with Gasteiger partial charge in [-0.25, -0.2) is 13.4 Å². The maximum absolute atomic E-state index is 12.1. The van der Waals surface area contributed by atoms with Gasteiger partial charge in [-0.2, -0.15) is 4.98 Å². The van der Waals surface area contributed by atoms with Crippen LogP contribution in [0.15, 0.2) is 12.3 Å². The summed E-state index contributed by atoms with van der Waals surface area (Å²) in [4.78, 5) is 8.29. The van der Waals surface area contributed by atoms with Crippen LogP contribution in [0.4, 0.5) is 11.8 Å². The van der Waals surface area contributed by atoms with E-state index in [0.717, 1.165) is 0 Å². The first kappa shape index (κ1) is 16.3. The molecular formula is C12H19ClN4O3S. The number of halogens is 1. The maximum atomic E-state index is 12.1. The molecule has 1 saturated heterocycles. The lowest BCUT2D eigenvalue weighted by Crippen LogP contribution is -2.43. The van der Waals surface area contributed by atoms with E-state index in [1.807, 2.05) is 0 Å². The molecule has 0 saturated carbocycles. The predicted molar refractivity (Wildman–Crippen MR) is 82.1 cm³/mol. The lowest BCUT2D eigenvalue weighted by Gasteiger charge is -2.33. The fourth-order valence-corrected chi connectivity index (χ4v) is 3.56. The van der Waals surface area contributed by atoms with E-state index >= 15 is 0 Å². The zero-order chi connectivity index (χ0) is 15.5. The van der Waals surface area contributed by atoms with Crippen molar-refractivity contribution in [2.45, 2.75) is 31.3 Å². The first-order valence-electron chi connectivity index (χ1n) is 6.69. The van der Waals surface area contributed by atoms with Crippen LogP contribution < -0.4 is 9.62 Å². The third-order valence-electron chi connectivity index (χ3n) is 3.07. The van der Waals surface area contributed by atoms with Gasteiger partial charge in [-0.15, -0.1) is 0 Å². The largest absolute Gasteiger partial charge is 0.381 e. The minimum absolute atomic E-state index is 0.148. The van der Waals surface area contributed by atoms with Crippen LogP contribution in [0.25, 0.3) is 0 Å². The number of nitrogens with zero attached hydrogens (tertiary/aromatic N) is 3. The molecule has 2 heterocycles. The number of nitrogens with one attached hydrogen (secondary N) is 1. The molecule has 0 aromatic carbocycles. The third-order valence-corrected chi connectivity index (χ3v) is 4.38. The number of anilines is 2. The van der Waals surface area contributed by atoms with Crippen molar-refractivity contribution in [3.63, 3.8) is 0 Å². The summed E-state index contributed by atoms with van der Waals surface area (Å²) in [5.74, 6) is 0.648. The Morgan fingerprint density at radius 1 is 1.48 bits per heavy atom. The maximum Gasteiger partial charge on any atom is 0.233 e. The minimum atomic E-state index is -3.44. The van der Waals surface area contributed by atoms with Crippen molar-refractivity contribution in [3.05, 3.63) is 12.3 Å². The Morgan fingerprint density at radius 2 is 2.14 bits per heavy atom. The Morgan fingerprint density at radius 3 is 2.71 bits per heavy atom. The molecular weight excluding hydrogens is 316 g/mol. The summed E-state index contributed by atoms with van der Waals surface area (Å²) in [6, 6.07) is 1.44. The zero-order valence-corrected chi connectivity index (χ0v) is 13.6. The van der Waals surface area contributed by atoms with Gasteiger partial charge in [0.05, 0.1) is 12.3 Å². The molecule has 1 unspecified atom stereocenters. The van der Waals surface area contributed by atoms with Crippen molar-refractivity contribution in [2.24, 2.45) is 0 Å². The Balaban J connectivity index is 2.32. The van der Waals surface area contributed by atoms with E-state index in [-0.39, 0.29) is 11.5 Å². The molecule has 1 aromatic rings. The summed E-state index contributed by atoms with van der Waals surface area (Å²) in [6.07, 6.45) is 3.99. The molecule has 0 radical (unpaired) electrons. The Bertz CT molecular complexity index is 576. The average molecular weight is 335 g/mol. The molecule has 1 atom stereocenters. The van der Waals surface area contributed by atoms with Gasteiger partial charge < -0.3 is 10.1 Å². The van der Waals surface area contributed by atoms with Crippen LogP contribution in [0.1, 0.15) is 19.8 Å². The summed E-state index contributed by atoms with van der Waals surface area (Å²) in [5, 5.41) is 2.85. The van der Waals surface area contributed by atoms with Crippen molar-refractivity contribution in [1.29, 1.82) is 0 Å². The van der Waals surface area contributed by atoms with Crippen LogP contribution in [0.2, 0.25) is 0 Å². The van der Waals surface area contributed by atoms with Crippen LogP contribution in [0.3, 0.4) is 0 Å². The van der Waals surface area contributed by atoms with Crippen molar-refractivity contribution in [1.82, 2.24) is 9.97 Å². The highest BCUT2D eigenvalue weighted by molar-refractivity contribution is 7.92. The van der Waals surface area contributed by atoms with Crippen molar-refractivity contribution in [2.75, 3.05) is 29.1 Å². The fourth-order valence-electron chi connectivity index (χ4n) is 2.27. The molecule has 0 amide bonds. The lowest BCUT2D eigenvalue weighted by atomic mass is 10.1. The molecule has 7 nitrogen and oxygen atoms in total. The van der Waals surface area contributed by atoms with E-state index in [0.29, 0.717) is 37.8 Å². The van der Waals surface area contributed by atoms with Gasteiger partial charge in [-0.05, 0) is 19.8 Å². The van der Waals surface area contributed by atoms with Gasteiger partial charge >= 0.3 is 0 Å².